The summed E-state index contributed by atoms with van der Waals surface area (Å²) in [4.78, 5) is 11.6. The molecule has 5 heteroatoms. The number of nitrogens with one attached hydrogen (secondary N) is 1. The molecule has 0 radical (unpaired) electrons. The van der Waals surface area contributed by atoms with Gasteiger partial charge in [-0.05, 0) is 42.6 Å². The molecular formula is C14H21FN2O2. The van der Waals surface area contributed by atoms with Crippen molar-refractivity contribution in [1.29, 1.82) is 0 Å². The first-order valence-electron chi connectivity index (χ1n) is 6.36. The van der Waals surface area contributed by atoms with Gasteiger partial charge < -0.3 is 15.8 Å². The van der Waals surface area contributed by atoms with Crippen LogP contribution in [0.25, 0.3) is 0 Å². The summed E-state index contributed by atoms with van der Waals surface area (Å²) < 4.78 is 18.3. The van der Waals surface area contributed by atoms with E-state index in [1.54, 1.807) is 6.07 Å². The lowest BCUT2D eigenvalue weighted by Gasteiger charge is -2.11. The minimum atomic E-state index is -0.326. The largest absolute Gasteiger partial charge is 0.496 e. The second-order valence-corrected chi connectivity index (χ2v) is 4.60. The summed E-state index contributed by atoms with van der Waals surface area (Å²) >= 11 is 0. The van der Waals surface area contributed by atoms with Crippen LogP contribution in [0.1, 0.15) is 18.9 Å². The maximum absolute atomic E-state index is 13.1. The Morgan fingerprint density at radius 1 is 1.53 bits per heavy atom. The van der Waals surface area contributed by atoms with E-state index in [4.69, 9.17) is 10.5 Å². The number of nitrogens with two attached hydrogens (primary N) is 1. The molecule has 1 rings (SSSR count). The van der Waals surface area contributed by atoms with Crippen molar-refractivity contribution in [3.8, 4) is 5.75 Å². The maximum atomic E-state index is 13.1. The van der Waals surface area contributed by atoms with Crippen molar-refractivity contribution in [2.45, 2.75) is 19.8 Å². The van der Waals surface area contributed by atoms with Crippen molar-refractivity contribution in [2.75, 3.05) is 20.2 Å². The summed E-state index contributed by atoms with van der Waals surface area (Å²) in [6.07, 6.45) is 0.751. The summed E-state index contributed by atoms with van der Waals surface area (Å²) in [7, 11) is 1.53. The second kappa shape index (κ2) is 7.74. The predicted octanol–water partition coefficient (Wildman–Crippen LogP) is 1.48. The minimum absolute atomic E-state index is 0.0633. The average molecular weight is 268 g/mol. The quantitative estimate of drug-likeness (QED) is 0.787. The van der Waals surface area contributed by atoms with Gasteiger partial charge in [-0.25, -0.2) is 4.39 Å². The topological polar surface area (TPSA) is 64.3 Å². The SMILES string of the molecule is COc1ccc(F)cc1CCC(=O)NCC(C)CN. The standard InChI is InChI=1S/C14H21FN2O2/c1-10(8-16)9-17-14(18)6-3-11-7-12(15)4-5-13(11)19-2/h4-5,7,10H,3,6,8-9,16H2,1-2H3,(H,17,18). The molecule has 1 aromatic carbocycles. The first-order valence-corrected chi connectivity index (χ1v) is 6.36. The monoisotopic (exact) mass is 268 g/mol. The summed E-state index contributed by atoms with van der Waals surface area (Å²) in [5.41, 5.74) is 6.17. The Hall–Kier alpha value is -1.62. The molecule has 0 aromatic heterocycles. The molecule has 0 heterocycles. The van der Waals surface area contributed by atoms with E-state index < -0.39 is 0 Å². The van der Waals surface area contributed by atoms with E-state index in [1.165, 1.54) is 19.2 Å². The van der Waals surface area contributed by atoms with Crippen LogP contribution >= 0.6 is 0 Å². The fraction of sp³-hybridized carbons (Fsp3) is 0.500. The number of carbonyl (C=O) groups is 1. The van der Waals surface area contributed by atoms with Crippen molar-refractivity contribution in [3.05, 3.63) is 29.6 Å². The molecule has 19 heavy (non-hydrogen) atoms. The van der Waals surface area contributed by atoms with Gasteiger partial charge >= 0.3 is 0 Å². The fourth-order valence-corrected chi connectivity index (χ4v) is 1.65. The van der Waals surface area contributed by atoms with Crippen LogP contribution in [0.15, 0.2) is 18.2 Å². The molecule has 0 saturated carbocycles. The molecule has 0 spiro atoms. The van der Waals surface area contributed by atoms with E-state index in [-0.39, 0.29) is 17.6 Å². The Morgan fingerprint density at radius 2 is 2.26 bits per heavy atom. The van der Waals surface area contributed by atoms with Crippen molar-refractivity contribution in [2.24, 2.45) is 11.7 Å². The van der Waals surface area contributed by atoms with Gasteiger partial charge in [0.2, 0.25) is 5.91 Å². The Balaban J connectivity index is 2.47. The lowest BCUT2D eigenvalue weighted by atomic mass is 10.1. The molecule has 4 nitrogen and oxygen atoms in total. The Kier molecular flexibility index (Phi) is 6.29. The number of amides is 1. The van der Waals surface area contributed by atoms with Crippen molar-refractivity contribution in [1.82, 2.24) is 5.32 Å². The predicted molar refractivity (Wildman–Crippen MR) is 72.5 cm³/mol. The van der Waals surface area contributed by atoms with E-state index in [2.05, 4.69) is 5.32 Å². The van der Waals surface area contributed by atoms with Gasteiger partial charge in [-0.15, -0.1) is 0 Å². The molecule has 106 valence electrons. The minimum Gasteiger partial charge on any atom is -0.496 e. The van der Waals surface area contributed by atoms with Crippen LogP contribution in [-0.2, 0) is 11.2 Å². The number of aryl methyl sites for hydroxylation is 1. The third kappa shape index (κ3) is 5.26. The van der Waals surface area contributed by atoms with E-state index in [1.807, 2.05) is 6.92 Å². The molecular weight excluding hydrogens is 247 g/mol. The second-order valence-electron chi connectivity index (χ2n) is 4.60. The number of carbonyl (C=O) groups excluding carboxylic acids is 1. The summed E-state index contributed by atoms with van der Waals surface area (Å²) in [5.74, 6) is 0.469. The van der Waals surface area contributed by atoms with Crippen LogP contribution in [0.3, 0.4) is 0 Å². The average Bonchev–Trinajstić information content (AvgIpc) is 2.42. The van der Waals surface area contributed by atoms with Gasteiger partial charge in [0.15, 0.2) is 0 Å². The molecule has 0 saturated heterocycles. The Bertz CT molecular complexity index is 424. The highest BCUT2D eigenvalue weighted by molar-refractivity contribution is 5.76. The molecule has 0 aliphatic heterocycles. The van der Waals surface area contributed by atoms with Gasteiger partial charge in [-0.3, -0.25) is 4.79 Å². The van der Waals surface area contributed by atoms with E-state index in [9.17, 15) is 9.18 Å². The molecule has 0 aliphatic rings. The molecule has 1 atom stereocenters. The normalized spacial score (nSPS) is 12.0. The van der Waals surface area contributed by atoms with Crippen molar-refractivity contribution < 1.29 is 13.9 Å². The van der Waals surface area contributed by atoms with Gasteiger partial charge in [0, 0.05) is 13.0 Å². The van der Waals surface area contributed by atoms with Crippen LogP contribution < -0.4 is 15.8 Å². The van der Waals surface area contributed by atoms with Gasteiger partial charge in [-0.2, -0.15) is 0 Å². The van der Waals surface area contributed by atoms with Gasteiger partial charge in [-0.1, -0.05) is 6.92 Å². The zero-order valence-electron chi connectivity index (χ0n) is 11.4. The highest BCUT2D eigenvalue weighted by Crippen LogP contribution is 2.20. The van der Waals surface area contributed by atoms with Crippen LogP contribution in [0.4, 0.5) is 4.39 Å². The Labute approximate surface area is 113 Å². The highest BCUT2D eigenvalue weighted by Gasteiger charge is 2.08. The number of methoxy groups -OCH3 is 1. The number of ether oxygens (including phenoxy) is 1. The van der Waals surface area contributed by atoms with Gasteiger partial charge in [0.1, 0.15) is 11.6 Å². The summed E-state index contributed by atoms with van der Waals surface area (Å²) in [6.45, 7) is 3.07. The lowest BCUT2D eigenvalue weighted by molar-refractivity contribution is -0.121. The maximum Gasteiger partial charge on any atom is 0.220 e. The van der Waals surface area contributed by atoms with E-state index in [0.29, 0.717) is 37.2 Å². The highest BCUT2D eigenvalue weighted by atomic mass is 19.1. The van der Waals surface area contributed by atoms with Gasteiger partial charge in [0.25, 0.3) is 0 Å². The van der Waals surface area contributed by atoms with Crippen LogP contribution in [-0.4, -0.2) is 26.1 Å². The number of halogens is 1. The van der Waals surface area contributed by atoms with Crippen molar-refractivity contribution in [3.63, 3.8) is 0 Å². The third-order valence-corrected chi connectivity index (χ3v) is 2.91. The number of hydrogen-bond acceptors (Lipinski definition) is 3. The first-order chi connectivity index (χ1) is 9.06. The molecule has 1 aromatic rings. The molecule has 0 aliphatic carbocycles. The number of benzene rings is 1. The zero-order valence-corrected chi connectivity index (χ0v) is 11.4. The molecule has 0 fully saturated rings. The Morgan fingerprint density at radius 3 is 2.89 bits per heavy atom. The van der Waals surface area contributed by atoms with Gasteiger partial charge in [0.05, 0.1) is 7.11 Å². The molecule has 0 bridgehead atoms. The number of hydrogen-bond donors (Lipinski definition) is 2. The fourth-order valence-electron chi connectivity index (χ4n) is 1.65. The summed E-state index contributed by atoms with van der Waals surface area (Å²) in [5, 5.41) is 2.80. The molecule has 1 unspecified atom stereocenters. The van der Waals surface area contributed by atoms with Crippen molar-refractivity contribution >= 4 is 5.91 Å². The van der Waals surface area contributed by atoms with Crippen LogP contribution in [0.5, 0.6) is 5.75 Å². The molecule has 3 N–H and O–H groups in total. The van der Waals surface area contributed by atoms with Crippen LogP contribution in [0.2, 0.25) is 0 Å². The lowest BCUT2D eigenvalue weighted by Crippen LogP contribution is -2.31. The third-order valence-electron chi connectivity index (χ3n) is 2.91. The van der Waals surface area contributed by atoms with Crippen LogP contribution in [0, 0.1) is 11.7 Å². The zero-order chi connectivity index (χ0) is 14.3. The first kappa shape index (κ1) is 15.4. The van der Waals surface area contributed by atoms with E-state index >= 15 is 0 Å². The molecule has 1 amide bonds. The van der Waals surface area contributed by atoms with E-state index in [0.717, 1.165) is 0 Å². The summed E-state index contributed by atoms with van der Waals surface area (Å²) in [6, 6.07) is 4.30. The smallest absolute Gasteiger partial charge is 0.220 e. The number of rotatable bonds is 7.